The van der Waals surface area contributed by atoms with E-state index in [4.69, 9.17) is 9.47 Å². The Kier molecular flexibility index (Phi) is 5.59. The highest BCUT2D eigenvalue weighted by atomic mass is 16.7. The largest absolute Gasteiger partial charge is 0.355 e. The summed E-state index contributed by atoms with van der Waals surface area (Å²) in [6, 6.07) is 0.728. The van der Waals surface area contributed by atoms with Crippen molar-refractivity contribution in [1.82, 2.24) is 5.32 Å². The summed E-state index contributed by atoms with van der Waals surface area (Å²) in [6.07, 6.45) is 11.2. The zero-order valence-corrected chi connectivity index (χ0v) is 10.2. The Morgan fingerprint density at radius 1 is 0.938 bits per heavy atom. The summed E-state index contributed by atoms with van der Waals surface area (Å²) in [5.41, 5.74) is 0. The van der Waals surface area contributed by atoms with Crippen LogP contribution in [0.2, 0.25) is 0 Å². The lowest BCUT2D eigenvalue weighted by atomic mass is 9.96. The Morgan fingerprint density at radius 2 is 1.69 bits per heavy atom. The van der Waals surface area contributed by atoms with Crippen LogP contribution in [0.1, 0.15) is 51.4 Å². The Bertz CT molecular complexity index is 173. The molecule has 0 amide bonds. The highest BCUT2D eigenvalue weighted by Gasteiger charge is 2.16. The molecule has 0 radical (unpaired) electrons. The second-order valence-electron chi connectivity index (χ2n) is 5.05. The first-order valence-electron chi connectivity index (χ1n) is 6.88. The molecular weight excluding hydrogens is 202 g/mol. The van der Waals surface area contributed by atoms with Gasteiger partial charge in [0.2, 0.25) is 0 Å². The fraction of sp³-hybridized carbons (Fsp3) is 1.00. The molecule has 2 rings (SSSR count). The monoisotopic (exact) mass is 227 g/mol. The highest BCUT2D eigenvalue weighted by molar-refractivity contribution is 4.73. The topological polar surface area (TPSA) is 30.5 Å². The fourth-order valence-electron chi connectivity index (χ4n) is 2.62. The number of nitrogens with one attached hydrogen (secondary N) is 1. The van der Waals surface area contributed by atoms with Gasteiger partial charge >= 0.3 is 0 Å². The molecule has 0 aromatic heterocycles. The van der Waals surface area contributed by atoms with E-state index in [0.717, 1.165) is 25.6 Å². The molecule has 1 atom stereocenters. The maximum absolute atomic E-state index is 5.54. The van der Waals surface area contributed by atoms with E-state index >= 15 is 0 Å². The molecule has 1 saturated heterocycles. The van der Waals surface area contributed by atoms with E-state index in [-0.39, 0.29) is 0 Å². The third-order valence-corrected chi connectivity index (χ3v) is 3.71. The molecular formula is C13H25NO2. The van der Waals surface area contributed by atoms with Gasteiger partial charge < -0.3 is 14.8 Å². The van der Waals surface area contributed by atoms with Gasteiger partial charge in [0, 0.05) is 12.6 Å². The molecule has 1 unspecified atom stereocenters. The SMILES string of the molecule is C1CCCC(NCC2CCOCO2)CCC1. The number of rotatable bonds is 3. The molecule has 94 valence electrons. The van der Waals surface area contributed by atoms with Gasteiger partial charge in [0.15, 0.2) is 0 Å². The Labute approximate surface area is 98.9 Å². The first kappa shape index (κ1) is 12.3. The van der Waals surface area contributed by atoms with E-state index in [1.807, 2.05) is 0 Å². The Balaban J connectivity index is 1.62. The molecule has 1 saturated carbocycles. The van der Waals surface area contributed by atoms with Crippen LogP contribution in [0.5, 0.6) is 0 Å². The fourth-order valence-corrected chi connectivity index (χ4v) is 2.62. The highest BCUT2D eigenvalue weighted by Crippen LogP contribution is 2.17. The average molecular weight is 227 g/mol. The number of ether oxygens (including phenoxy) is 2. The van der Waals surface area contributed by atoms with Gasteiger partial charge in [-0.2, -0.15) is 0 Å². The van der Waals surface area contributed by atoms with Crippen molar-refractivity contribution in [2.24, 2.45) is 0 Å². The van der Waals surface area contributed by atoms with Gasteiger partial charge in [-0.05, 0) is 19.3 Å². The normalized spacial score (nSPS) is 29.6. The second-order valence-corrected chi connectivity index (χ2v) is 5.05. The summed E-state index contributed by atoms with van der Waals surface area (Å²) in [7, 11) is 0. The molecule has 16 heavy (non-hydrogen) atoms. The van der Waals surface area contributed by atoms with E-state index in [1.165, 1.54) is 44.9 Å². The third kappa shape index (κ3) is 4.40. The summed E-state index contributed by atoms with van der Waals surface area (Å²) in [5.74, 6) is 0. The minimum atomic E-state index is 0.374. The van der Waals surface area contributed by atoms with E-state index in [0.29, 0.717) is 12.9 Å². The predicted octanol–water partition coefficient (Wildman–Crippen LogP) is 2.45. The van der Waals surface area contributed by atoms with Crippen LogP contribution in [0.25, 0.3) is 0 Å². The lowest BCUT2D eigenvalue weighted by Crippen LogP contribution is -2.39. The Hall–Kier alpha value is -0.120. The molecule has 0 aromatic carbocycles. The van der Waals surface area contributed by atoms with E-state index in [2.05, 4.69) is 5.32 Å². The lowest BCUT2D eigenvalue weighted by molar-refractivity contribution is -0.137. The summed E-state index contributed by atoms with van der Waals surface area (Å²) in [5, 5.41) is 3.68. The van der Waals surface area contributed by atoms with Crippen LogP contribution in [0.15, 0.2) is 0 Å². The summed E-state index contributed by atoms with van der Waals surface area (Å²) in [6.45, 7) is 2.35. The lowest BCUT2D eigenvalue weighted by Gasteiger charge is -2.27. The number of hydrogen-bond donors (Lipinski definition) is 1. The van der Waals surface area contributed by atoms with E-state index < -0.39 is 0 Å². The summed E-state index contributed by atoms with van der Waals surface area (Å²) in [4.78, 5) is 0. The first-order valence-corrected chi connectivity index (χ1v) is 6.88. The Morgan fingerprint density at radius 3 is 2.38 bits per heavy atom. The summed E-state index contributed by atoms with van der Waals surface area (Å²) < 4.78 is 10.7. The van der Waals surface area contributed by atoms with Crippen molar-refractivity contribution in [3.8, 4) is 0 Å². The molecule has 1 aliphatic heterocycles. The summed E-state index contributed by atoms with van der Waals surface area (Å²) >= 11 is 0. The van der Waals surface area contributed by atoms with Crippen molar-refractivity contribution < 1.29 is 9.47 Å². The third-order valence-electron chi connectivity index (χ3n) is 3.71. The molecule has 2 aliphatic rings. The smallest absolute Gasteiger partial charge is 0.147 e. The van der Waals surface area contributed by atoms with Crippen LogP contribution in [-0.2, 0) is 9.47 Å². The van der Waals surface area contributed by atoms with Gasteiger partial charge in [-0.15, -0.1) is 0 Å². The second kappa shape index (κ2) is 7.25. The van der Waals surface area contributed by atoms with Crippen LogP contribution in [-0.4, -0.2) is 32.1 Å². The minimum Gasteiger partial charge on any atom is -0.355 e. The van der Waals surface area contributed by atoms with Crippen molar-refractivity contribution in [3.05, 3.63) is 0 Å². The molecule has 0 bridgehead atoms. The average Bonchev–Trinajstić information content (AvgIpc) is 2.29. The van der Waals surface area contributed by atoms with Crippen molar-refractivity contribution in [2.45, 2.75) is 63.5 Å². The van der Waals surface area contributed by atoms with Crippen LogP contribution in [0, 0.1) is 0 Å². The van der Waals surface area contributed by atoms with Gasteiger partial charge in [-0.25, -0.2) is 0 Å². The van der Waals surface area contributed by atoms with Crippen LogP contribution in [0.4, 0.5) is 0 Å². The van der Waals surface area contributed by atoms with E-state index in [9.17, 15) is 0 Å². The zero-order valence-electron chi connectivity index (χ0n) is 10.2. The van der Waals surface area contributed by atoms with Crippen molar-refractivity contribution in [3.63, 3.8) is 0 Å². The molecule has 2 fully saturated rings. The first-order chi connectivity index (χ1) is 7.95. The van der Waals surface area contributed by atoms with Gasteiger partial charge in [0.05, 0.1) is 12.7 Å². The number of hydrogen-bond acceptors (Lipinski definition) is 3. The van der Waals surface area contributed by atoms with Crippen molar-refractivity contribution in [1.29, 1.82) is 0 Å². The van der Waals surface area contributed by atoms with Crippen LogP contribution < -0.4 is 5.32 Å². The molecule has 3 heteroatoms. The van der Waals surface area contributed by atoms with Gasteiger partial charge in [-0.3, -0.25) is 0 Å². The van der Waals surface area contributed by atoms with Crippen LogP contribution in [0.3, 0.4) is 0 Å². The molecule has 1 heterocycles. The molecule has 0 spiro atoms. The maximum Gasteiger partial charge on any atom is 0.147 e. The standard InChI is InChI=1S/C13H25NO2/c1-2-4-6-12(7-5-3-1)14-10-13-8-9-15-11-16-13/h12-14H,1-11H2. The zero-order chi connectivity index (χ0) is 11.1. The van der Waals surface area contributed by atoms with Crippen molar-refractivity contribution >= 4 is 0 Å². The van der Waals surface area contributed by atoms with Gasteiger partial charge in [0.25, 0.3) is 0 Å². The quantitative estimate of drug-likeness (QED) is 0.803. The molecule has 1 aliphatic carbocycles. The minimum absolute atomic E-state index is 0.374. The van der Waals surface area contributed by atoms with Crippen LogP contribution >= 0.6 is 0 Å². The predicted molar refractivity (Wildman–Crippen MR) is 64.4 cm³/mol. The van der Waals surface area contributed by atoms with Crippen molar-refractivity contribution in [2.75, 3.05) is 19.9 Å². The van der Waals surface area contributed by atoms with E-state index in [1.54, 1.807) is 0 Å². The molecule has 0 aromatic rings. The molecule has 3 nitrogen and oxygen atoms in total. The van der Waals surface area contributed by atoms with Gasteiger partial charge in [-0.1, -0.05) is 32.1 Å². The molecule has 1 N–H and O–H groups in total. The van der Waals surface area contributed by atoms with Gasteiger partial charge in [0.1, 0.15) is 6.79 Å². The maximum atomic E-state index is 5.54.